The van der Waals surface area contributed by atoms with Crippen molar-refractivity contribution in [1.29, 1.82) is 0 Å². The van der Waals surface area contributed by atoms with Crippen LogP contribution >= 0.6 is 34.5 Å². The standard InChI is InChI=1S/C22H19Cl2FN6OS/c1-13(2)31-12-27-17(20(31)24)4-3-16-11-33-22(28-16)29-21(32)18-8-15(23)10-30(18)9-14-5-6-26-19(25)7-14/h3-8,10-13H,9H2,1-2H3,(H,28,29,32)/b4-3+. The van der Waals surface area contributed by atoms with Crippen LogP contribution in [0.25, 0.3) is 12.2 Å². The molecule has 0 aliphatic carbocycles. The van der Waals surface area contributed by atoms with E-state index in [1.54, 1.807) is 41.4 Å². The third-order valence-electron chi connectivity index (χ3n) is 4.71. The van der Waals surface area contributed by atoms with Gasteiger partial charge < -0.3 is 9.13 Å². The summed E-state index contributed by atoms with van der Waals surface area (Å²) in [6.45, 7) is 4.31. The molecule has 0 atom stereocenters. The number of hydrogen-bond acceptors (Lipinski definition) is 5. The average molecular weight is 505 g/mol. The second-order valence-electron chi connectivity index (χ2n) is 7.44. The van der Waals surface area contributed by atoms with Crippen LogP contribution in [0.3, 0.4) is 0 Å². The number of aromatic nitrogens is 5. The van der Waals surface area contributed by atoms with Crippen molar-refractivity contribution in [1.82, 2.24) is 24.1 Å². The minimum atomic E-state index is -0.586. The molecule has 33 heavy (non-hydrogen) atoms. The third-order valence-corrected chi connectivity index (χ3v) is 6.08. The van der Waals surface area contributed by atoms with Crippen molar-refractivity contribution in [3.05, 3.63) is 81.1 Å². The Morgan fingerprint density at radius 2 is 2.09 bits per heavy atom. The number of hydrogen-bond donors (Lipinski definition) is 1. The van der Waals surface area contributed by atoms with E-state index in [0.29, 0.717) is 38.0 Å². The summed E-state index contributed by atoms with van der Waals surface area (Å²) in [6.07, 6.45) is 8.24. The molecular weight excluding hydrogens is 486 g/mol. The number of thiazole rings is 1. The highest BCUT2D eigenvalue weighted by atomic mass is 35.5. The van der Waals surface area contributed by atoms with Gasteiger partial charge in [0.2, 0.25) is 5.95 Å². The molecule has 1 N–H and O–H groups in total. The second kappa shape index (κ2) is 9.86. The molecule has 0 aliphatic heterocycles. The fourth-order valence-corrected chi connectivity index (χ4v) is 4.36. The monoisotopic (exact) mass is 504 g/mol. The maximum Gasteiger partial charge on any atom is 0.274 e. The molecule has 4 aromatic heterocycles. The summed E-state index contributed by atoms with van der Waals surface area (Å²) in [5.74, 6) is -0.961. The molecule has 0 radical (unpaired) electrons. The van der Waals surface area contributed by atoms with Gasteiger partial charge in [-0.2, -0.15) is 4.39 Å². The van der Waals surface area contributed by atoms with Gasteiger partial charge in [-0.25, -0.2) is 15.0 Å². The van der Waals surface area contributed by atoms with Crippen LogP contribution in [0.5, 0.6) is 0 Å². The Bertz CT molecular complexity index is 1330. The van der Waals surface area contributed by atoms with E-state index in [0.717, 1.165) is 0 Å². The predicted octanol–water partition coefficient (Wildman–Crippen LogP) is 6.03. The molecule has 170 valence electrons. The Balaban J connectivity index is 1.46. The molecule has 4 rings (SSSR count). The first-order chi connectivity index (χ1) is 15.8. The Morgan fingerprint density at radius 1 is 1.27 bits per heavy atom. The first-order valence-corrected chi connectivity index (χ1v) is 11.6. The minimum Gasteiger partial charge on any atom is -0.338 e. The number of pyridine rings is 1. The lowest BCUT2D eigenvalue weighted by molar-refractivity contribution is 0.101. The van der Waals surface area contributed by atoms with Gasteiger partial charge in [-0.15, -0.1) is 11.3 Å². The van der Waals surface area contributed by atoms with Crippen molar-refractivity contribution in [3.8, 4) is 0 Å². The number of anilines is 1. The lowest BCUT2D eigenvalue weighted by atomic mass is 10.2. The maximum absolute atomic E-state index is 13.4. The maximum atomic E-state index is 13.4. The smallest absolute Gasteiger partial charge is 0.274 e. The van der Waals surface area contributed by atoms with E-state index in [2.05, 4.69) is 20.3 Å². The molecule has 0 aliphatic rings. The predicted molar refractivity (Wildman–Crippen MR) is 129 cm³/mol. The zero-order chi connectivity index (χ0) is 23.5. The zero-order valence-corrected chi connectivity index (χ0v) is 20.0. The topological polar surface area (TPSA) is 77.6 Å². The van der Waals surface area contributed by atoms with Crippen molar-refractivity contribution in [2.24, 2.45) is 0 Å². The number of nitrogens with one attached hydrogen (secondary N) is 1. The highest BCUT2D eigenvalue weighted by Crippen LogP contribution is 2.23. The minimum absolute atomic E-state index is 0.207. The number of rotatable bonds is 7. The van der Waals surface area contributed by atoms with Crippen molar-refractivity contribution < 1.29 is 9.18 Å². The van der Waals surface area contributed by atoms with E-state index in [-0.39, 0.29) is 18.5 Å². The number of nitrogens with zero attached hydrogens (tertiary/aromatic N) is 5. The normalized spacial score (nSPS) is 11.6. The van der Waals surface area contributed by atoms with Crippen LogP contribution < -0.4 is 5.32 Å². The molecule has 1 amide bonds. The highest BCUT2D eigenvalue weighted by Gasteiger charge is 2.16. The number of imidazole rings is 1. The summed E-state index contributed by atoms with van der Waals surface area (Å²) in [7, 11) is 0. The van der Waals surface area contributed by atoms with Crippen LogP contribution in [0.15, 0.2) is 42.3 Å². The lowest BCUT2D eigenvalue weighted by Gasteiger charge is -2.08. The van der Waals surface area contributed by atoms with Gasteiger partial charge in [0.05, 0.1) is 17.0 Å². The SMILES string of the molecule is CC(C)n1cnc(/C=C/c2csc(NC(=O)c3cc(Cl)cn3Cc3ccnc(F)c3)n2)c1Cl. The first-order valence-electron chi connectivity index (χ1n) is 9.93. The lowest BCUT2D eigenvalue weighted by Crippen LogP contribution is -2.17. The molecule has 0 saturated carbocycles. The number of carbonyl (C=O) groups is 1. The average Bonchev–Trinajstić information content (AvgIpc) is 3.45. The Hall–Kier alpha value is -3.01. The van der Waals surface area contributed by atoms with E-state index in [1.807, 2.05) is 23.8 Å². The fourth-order valence-electron chi connectivity index (χ4n) is 3.11. The number of carbonyl (C=O) groups excluding carboxylic acids is 1. The van der Waals surface area contributed by atoms with Crippen molar-refractivity contribution in [2.75, 3.05) is 5.32 Å². The molecule has 0 aromatic carbocycles. The largest absolute Gasteiger partial charge is 0.338 e. The summed E-state index contributed by atoms with van der Waals surface area (Å²) >= 11 is 13.8. The first kappa shape index (κ1) is 23.2. The molecule has 4 aromatic rings. The van der Waals surface area contributed by atoms with E-state index >= 15 is 0 Å². The van der Waals surface area contributed by atoms with Crippen LogP contribution in [0.1, 0.15) is 47.3 Å². The van der Waals surface area contributed by atoms with Crippen LogP contribution in [0.4, 0.5) is 9.52 Å². The summed E-state index contributed by atoms with van der Waals surface area (Å²) < 4.78 is 16.9. The molecular formula is C22H19Cl2FN6OS. The van der Waals surface area contributed by atoms with Gasteiger partial charge in [0, 0.05) is 30.4 Å². The number of halogens is 3. The molecule has 0 saturated heterocycles. The summed E-state index contributed by atoms with van der Waals surface area (Å²) in [4.78, 5) is 25.1. The van der Waals surface area contributed by atoms with Gasteiger partial charge in [-0.1, -0.05) is 23.2 Å². The Kier molecular flexibility index (Phi) is 6.92. The van der Waals surface area contributed by atoms with Crippen LogP contribution in [-0.4, -0.2) is 30.0 Å². The molecule has 0 bridgehead atoms. The van der Waals surface area contributed by atoms with E-state index in [4.69, 9.17) is 23.2 Å². The van der Waals surface area contributed by atoms with Gasteiger partial charge in [-0.3, -0.25) is 10.1 Å². The molecule has 11 heteroatoms. The highest BCUT2D eigenvalue weighted by molar-refractivity contribution is 7.14. The van der Waals surface area contributed by atoms with Crippen molar-refractivity contribution >= 4 is 57.7 Å². The van der Waals surface area contributed by atoms with Crippen molar-refractivity contribution in [3.63, 3.8) is 0 Å². The molecule has 0 unspecified atom stereocenters. The zero-order valence-electron chi connectivity index (χ0n) is 17.7. The Morgan fingerprint density at radius 3 is 2.82 bits per heavy atom. The van der Waals surface area contributed by atoms with Gasteiger partial charge in [0.1, 0.15) is 16.5 Å². The van der Waals surface area contributed by atoms with Crippen LogP contribution in [-0.2, 0) is 6.54 Å². The van der Waals surface area contributed by atoms with E-state index in [1.165, 1.54) is 23.6 Å². The fraction of sp³-hybridized carbons (Fsp3) is 0.182. The number of amides is 1. The van der Waals surface area contributed by atoms with Gasteiger partial charge in [0.25, 0.3) is 5.91 Å². The van der Waals surface area contributed by atoms with E-state index < -0.39 is 5.95 Å². The molecule has 7 nitrogen and oxygen atoms in total. The third kappa shape index (κ3) is 5.50. The summed E-state index contributed by atoms with van der Waals surface area (Å²) in [5.41, 5.74) is 2.29. The molecule has 4 heterocycles. The van der Waals surface area contributed by atoms with Gasteiger partial charge >= 0.3 is 0 Å². The summed E-state index contributed by atoms with van der Waals surface area (Å²) in [5, 5.41) is 5.97. The summed E-state index contributed by atoms with van der Waals surface area (Å²) in [6, 6.07) is 4.74. The molecule has 0 fully saturated rings. The quantitative estimate of drug-likeness (QED) is 0.311. The second-order valence-corrected chi connectivity index (χ2v) is 9.10. The van der Waals surface area contributed by atoms with Gasteiger partial charge in [-0.05, 0) is 49.8 Å². The Labute approximate surface area is 203 Å². The van der Waals surface area contributed by atoms with E-state index in [9.17, 15) is 9.18 Å². The van der Waals surface area contributed by atoms with Crippen molar-refractivity contribution in [2.45, 2.75) is 26.4 Å². The van der Waals surface area contributed by atoms with Crippen LogP contribution in [0.2, 0.25) is 10.2 Å². The van der Waals surface area contributed by atoms with Gasteiger partial charge in [0.15, 0.2) is 5.13 Å². The van der Waals surface area contributed by atoms with Crippen LogP contribution in [0, 0.1) is 5.95 Å². The molecule has 0 spiro atoms.